The summed E-state index contributed by atoms with van der Waals surface area (Å²) < 4.78 is 5.85. The molecule has 4 heteroatoms. The van der Waals surface area contributed by atoms with Gasteiger partial charge in [0, 0.05) is 46.0 Å². The van der Waals surface area contributed by atoms with Crippen LogP contribution in [0.5, 0.6) is 0 Å². The first-order valence-electron chi connectivity index (χ1n) is 7.99. The topological polar surface area (TPSA) is 41.7 Å². The summed E-state index contributed by atoms with van der Waals surface area (Å²) in [6.45, 7) is 4.84. The van der Waals surface area contributed by atoms with Crippen LogP contribution >= 0.6 is 0 Å². The SMILES string of the molecule is CN(C)c1ccc(CN2CCC(OCCCN)CC2)cc1. The third-order valence-electron chi connectivity index (χ3n) is 4.10. The van der Waals surface area contributed by atoms with E-state index in [1.807, 2.05) is 0 Å². The van der Waals surface area contributed by atoms with Gasteiger partial charge in [0.1, 0.15) is 0 Å². The minimum atomic E-state index is 0.434. The van der Waals surface area contributed by atoms with Crippen LogP contribution in [0.4, 0.5) is 5.69 Å². The fourth-order valence-electron chi connectivity index (χ4n) is 2.73. The smallest absolute Gasteiger partial charge is 0.0599 e. The second-order valence-electron chi connectivity index (χ2n) is 6.05. The van der Waals surface area contributed by atoms with Crippen molar-refractivity contribution in [2.45, 2.75) is 31.9 Å². The van der Waals surface area contributed by atoms with Crippen LogP contribution in [0.3, 0.4) is 0 Å². The van der Waals surface area contributed by atoms with E-state index in [-0.39, 0.29) is 0 Å². The zero-order valence-electron chi connectivity index (χ0n) is 13.4. The van der Waals surface area contributed by atoms with Gasteiger partial charge in [-0.3, -0.25) is 4.90 Å². The first-order chi connectivity index (χ1) is 10.2. The Morgan fingerprint density at radius 1 is 1.19 bits per heavy atom. The zero-order chi connectivity index (χ0) is 15.1. The molecule has 0 unspecified atom stereocenters. The minimum absolute atomic E-state index is 0.434. The van der Waals surface area contributed by atoms with Crippen LogP contribution in [0.25, 0.3) is 0 Å². The van der Waals surface area contributed by atoms with Crippen LogP contribution < -0.4 is 10.6 Å². The van der Waals surface area contributed by atoms with Crippen molar-refractivity contribution in [1.82, 2.24) is 4.90 Å². The van der Waals surface area contributed by atoms with Crippen molar-refractivity contribution in [3.05, 3.63) is 29.8 Å². The molecular weight excluding hydrogens is 262 g/mol. The van der Waals surface area contributed by atoms with Crippen molar-refractivity contribution in [3.8, 4) is 0 Å². The molecule has 1 aromatic carbocycles. The number of anilines is 1. The molecule has 1 aromatic rings. The number of hydrogen-bond acceptors (Lipinski definition) is 4. The lowest BCUT2D eigenvalue weighted by atomic mass is 10.1. The second kappa shape index (κ2) is 8.37. The van der Waals surface area contributed by atoms with Gasteiger partial charge in [0.2, 0.25) is 0 Å². The molecular formula is C17H29N3O. The summed E-state index contributed by atoms with van der Waals surface area (Å²) in [6, 6.07) is 8.86. The molecule has 0 bridgehead atoms. The molecule has 1 aliphatic rings. The highest BCUT2D eigenvalue weighted by Crippen LogP contribution is 2.18. The normalized spacial score (nSPS) is 17.1. The molecule has 0 spiro atoms. The van der Waals surface area contributed by atoms with Gasteiger partial charge in [0.15, 0.2) is 0 Å². The van der Waals surface area contributed by atoms with E-state index in [2.05, 4.69) is 48.2 Å². The summed E-state index contributed by atoms with van der Waals surface area (Å²) in [7, 11) is 4.15. The monoisotopic (exact) mass is 291 g/mol. The molecule has 118 valence electrons. The van der Waals surface area contributed by atoms with E-state index < -0.39 is 0 Å². The average molecular weight is 291 g/mol. The third-order valence-corrected chi connectivity index (χ3v) is 4.10. The number of likely N-dealkylation sites (tertiary alicyclic amines) is 1. The standard InChI is InChI=1S/C17H29N3O/c1-19(2)16-6-4-15(5-7-16)14-20-11-8-17(9-12-20)21-13-3-10-18/h4-7,17H,3,8-14,18H2,1-2H3. The van der Waals surface area contributed by atoms with Crippen molar-refractivity contribution in [2.75, 3.05) is 45.2 Å². The lowest BCUT2D eigenvalue weighted by molar-refractivity contribution is 0.00563. The summed E-state index contributed by atoms with van der Waals surface area (Å²) in [5.74, 6) is 0. The maximum absolute atomic E-state index is 5.85. The largest absolute Gasteiger partial charge is 0.378 e. The first-order valence-corrected chi connectivity index (χ1v) is 7.99. The molecule has 0 radical (unpaired) electrons. The first kappa shape index (κ1) is 16.3. The van der Waals surface area contributed by atoms with Crippen LogP contribution in [0, 0.1) is 0 Å². The van der Waals surface area contributed by atoms with Gasteiger partial charge in [-0.1, -0.05) is 12.1 Å². The van der Waals surface area contributed by atoms with E-state index in [4.69, 9.17) is 10.5 Å². The Balaban J connectivity index is 1.73. The molecule has 2 rings (SSSR count). The molecule has 0 saturated carbocycles. The van der Waals surface area contributed by atoms with Gasteiger partial charge in [-0.2, -0.15) is 0 Å². The van der Waals surface area contributed by atoms with Gasteiger partial charge < -0.3 is 15.4 Å². The van der Waals surface area contributed by atoms with E-state index in [9.17, 15) is 0 Å². The lowest BCUT2D eigenvalue weighted by Gasteiger charge is -2.32. The van der Waals surface area contributed by atoms with E-state index in [1.54, 1.807) is 0 Å². The molecule has 0 atom stereocenters. The molecule has 21 heavy (non-hydrogen) atoms. The zero-order valence-corrected chi connectivity index (χ0v) is 13.4. The Morgan fingerprint density at radius 3 is 2.43 bits per heavy atom. The molecule has 1 fully saturated rings. The Bertz CT molecular complexity index is 397. The molecule has 1 heterocycles. The highest BCUT2D eigenvalue weighted by Gasteiger charge is 2.19. The Labute approximate surface area is 128 Å². The minimum Gasteiger partial charge on any atom is -0.378 e. The quantitative estimate of drug-likeness (QED) is 0.781. The maximum atomic E-state index is 5.85. The summed E-state index contributed by atoms with van der Waals surface area (Å²) >= 11 is 0. The average Bonchev–Trinajstić information content (AvgIpc) is 2.50. The van der Waals surface area contributed by atoms with Crippen molar-refractivity contribution in [1.29, 1.82) is 0 Å². The molecule has 2 N–H and O–H groups in total. The summed E-state index contributed by atoms with van der Waals surface area (Å²) in [5, 5.41) is 0. The number of hydrogen-bond donors (Lipinski definition) is 1. The highest BCUT2D eigenvalue weighted by molar-refractivity contribution is 5.45. The molecule has 1 aliphatic heterocycles. The Kier molecular flexibility index (Phi) is 6.49. The van der Waals surface area contributed by atoms with Gasteiger partial charge in [0.05, 0.1) is 6.10 Å². The van der Waals surface area contributed by atoms with Crippen LogP contribution in [0.15, 0.2) is 24.3 Å². The van der Waals surface area contributed by atoms with Crippen LogP contribution in [0.2, 0.25) is 0 Å². The van der Waals surface area contributed by atoms with Gasteiger partial charge in [-0.25, -0.2) is 0 Å². The number of benzene rings is 1. The van der Waals surface area contributed by atoms with E-state index in [0.717, 1.165) is 52.0 Å². The maximum Gasteiger partial charge on any atom is 0.0599 e. The number of nitrogens with zero attached hydrogens (tertiary/aromatic N) is 2. The van der Waals surface area contributed by atoms with Crippen molar-refractivity contribution in [2.24, 2.45) is 5.73 Å². The van der Waals surface area contributed by atoms with Crippen molar-refractivity contribution < 1.29 is 4.74 Å². The van der Waals surface area contributed by atoms with Crippen LogP contribution in [0.1, 0.15) is 24.8 Å². The number of ether oxygens (including phenoxy) is 1. The molecule has 4 nitrogen and oxygen atoms in total. The molecule has 0 aromatic heterocycles. The van der Waals surface area contributed by atoms with E-state index in [0.29, 0.717) is 6.10 Å². The predicted octanol–water partition coefficient (Wildman–Crippen LogP) is 2.08. The number of piperidine rings is 1. The van der Waals surface area contributed by atoms with Crippen LogP contribution in [-0.2, 0) is 11.3 Å². The summed E-state index contributed by atoms with van der Waals surface area (Å²) in [4.78, 5) is 4.65. The number of rotatable bonds is 7. The predicted molar refractivity (Wildman–Crippen MR) is 88.7 cm³/mol. The van der Waals surface area contributed by atoms with Gasteiger partial charge in [-0.15, -0.1) is 0 Å². The molecule has 0 amide bonds. The van der Waals surface area contributed by atoms with Crippen molar-refractivity contribution >= 4 is 5.69 Å². The molecule has 1 saturated heterocycles. The summed E-state index contributed by atoms with van der Waals surface area (Å²) in [6.07, 6.45) is 3.68. The third kappa shape index (κ3) is 5.30. The fraction of sp³-hybridized carbons (Fsp3) is 0.647. The fourth-order valence-corrected chi connectivity index (χ4v) is 2.73. The van der Waals surface area contributed by atoms with Crippen LogP contribution in [-0.4, -0.2) is 51.3 Å². The van der Waals surface area contributed by atoms with Gasteiger partial charge >= 0.3 is 0 Å². The summed E-state index contributed by atoms with van der Waals surface area (Å²) in [5.41, 5.74) is 8.14. The number of nitrogens with two attached hydrogens (primary N) is 1. The Morgan fingerprint density at radius 2 is 1.86 bits per heavy atom. The van der Waals surface area contributed by atoms with Crippen molar-refractivity contribution in [3.63, 3.8) is 0 Å². The second-order valence-corrected chi connectivity index (χ2v) is 6.05. The lowest BCUT2D eigenvalue weighted by Crippen LogP contribution is -2.36. The molecule has 0 aliphatic carbocycles. The highest BCUT2D eigenvalue weighted by atomic mass is 16.5. The van der Waals surface area contributed by atoms with E-state index >= 15 is 0 Å². The van der Waals surface area contributed by atoms with Gasteiger partial charge in [-0.05, 0) is 43.5 Å². The Hall–Kier alpha value is -1.10. The van der Waals surface area contributed by atoms with Gasteiger partial charge in [0.25, 0.3) is 0 Å². The van der Waals surface area contributed by atoms with E-state index in [1.165, 1.54) is 11.3 Å².